The van der Waals surface area contributed by atoms with Crippen molar-refractivity contribution in [1.82, 2.24) is 5.32 Å². The van der Waals surface area contributed by atoms with Gasteiger partial charge in [0.15, 0.2) is 0 Å². The highest BCUT2D eigenvalue weighted by atomic mass is 32.2. The van der Waals surface area contributed by atoms with Gasteiger partial charge < -0.3 is 16.0 Å². The Morgan fingerprint density at radius 2 is 2.21 bits per heavy atom. The van der Waals surface area contributed by atoms with E-state index in [4.69, 9.17) is 5.73 Å². The van der Waals surface area contributed by atoms with Gasteiger partial charge in [0.25, 0.3) is 5.91 Å². The Balaban J connectivity index is 2.35. The fourth-order valence-corrected chi connectivity index (χ4v) is 5.12. The third-order valence-corrected chi connectivity index (χ3v) is 6.29. The highest BCUT2D eigenvalue weighted by Crippen LogP contribution is 2.44. The summed E-state index contributed by atoms with van der Waals surface area (Å²) in [7, 11) is 1.64. The molecule has 1 aliphatic rings. The number of anilines is 2. The van der Waals surface area contributed by atoms with Crippen LogP contribution >= 0.6 is 34.9 Å². The highest BCUT2D eigenvalue weighted by Gasteiger charge is 2.23. The van der Waals surface area contributed by atoms with Crippen LogP contribution in [0.1, 0.15) is 16.1 Å². The Morgan fingerprint density at radius 3 is 2.89 bits per heavy atom. The Labute approximate surface area is 126 Å². The summed E-state index contributed by atoms with van der Waals surface area (Å²) in [6.07, 6.45) is 3.20. The SMILES string of the molecule is CNC(=O)c1sc(N2CCCSCC2)c(SC)c1N. The zero-order chi connectivity index (χ0) is 13.8. The van der Waals surface area contributed by atoms with Gasteiger partial charge in [-0.1, -0.05) is 0 Å². The van der Waals surface area contributed by atoms with Crippen LogP contribution in [-0.2, 0) is 0 Å². The van der Waals surface area contributed by atoms with E-state index in [-0.39, 0.29) is 5.91 Å². The van der Waals surface area contributed by atoms with Gasteiger partial charge in [-0.15, -0.1) is 23.1 Å². The molecule has 0 unspecified atom stereocenters. The molecule has 0 aromatic carbocycles. The number of nitrogens with two attached hydrogens (primary N) is 1. The Kier molecular flexibility index (Phi) is 5.29. The molecular weight excluding hydrogens is 298 g/mol. The molecule has 0 aliphatic carbocycles. The second kappa shape index (κ2) is 6.76. The first-order chi connectivity index (χ1) is 9.19. The van der Waals surface area contributed by atoms with Gasteiger partial charge in [-0.2, -0.15) is 11.8 Å². The van der Waals surface area contributed by atoms with Gasteiger partial charge in [-0.05, 0) is 18.4 Å². The van der Waals surface area contributed by atoms with Gasteiger partial charge in [-0.3, -0.25) is 4.79 Å². The van der Waals surface area contributed by atoms with E-state index in [2.05, 4.69) is 10.2 Å². The lowest BCUT2D eigenvalue weighted by Crippen LogP contribution is -2.24. The number of nitrogens with one attached hydrogen (secondary N) is 1. The molecule has 1 aliphatic heterocycles. The van der Waals surface area contributed by atoms with Gasteiger partial charge in [0.2, 0.25) is 0 Å². The summed E-state index contributed by atoms with van der Waals surface area (Å²) in [5.41, 5.74) is 6.76. The summed E-state index contributed by atoms with van der Waals surface area (Å²) in [5.74, 6) is 2.27. The van der Waals surface area contributed by atoms with Crippen molar-refractivity contribution >= 4 is 51.5 Å². The van der Waals surface area contributed by atoms with Gasteiger partial charge in [0.05, 0.1) is 10.6 Å². The van der Waals surface area contributed by atoms with Crippen molar-refractivity contribution in [2.45, 2.75) is 11.3 Å². The quantitative estimate of drug-likeness (QED) is 0.838. The van der Waals surface area contributed by atoms with Gasteiger partial charge in [0, 0.05) is 25.9 Å². The van der Waals surface area contributed by atoms with E-state index in [0.717, 1.165) is 28.7 Å². The van der Waals surface area contributed by atoms with Gasteiger partial charge in [-0.25, -0.2) is 0 Å². The maximum absolute atomic E-state index is 11.9. The minimum absolute atomic E-state index is 0.0896. The summed E-state index contributed by atoms with van der Waals surface area (Å²) >= 11 is 5.14. The molecule has 19 heavy (non-hydrogen) atoms. The van der Waals surface area contributed by atoms with Crippen molar-refractivity contribution in [1.29, 1.82) is 0 Å². The number of nitrogens with zero attached hydrogens (tertiary/aromatic N) is 1. The third-order valence-electron chi connectivity index (χ3n) is 3.03. The first-order valence-electron chi connectivity index (χ1n) is 6.20. The molecule has 0 spiro atoms. The van der Waals surface area contributed by atoms with Gasteiger partial charge in [0.1, 0.15) is 9.88 Å². The van der Waals surface area contributed by atoms with Crippen LogP contribution in [0.3, 0.4) is 0 Å². The van der Waals surface area contributed by atoms with Crippen LogP contribution in [-0.4, -0.2) is 43.8 Å². The molecule has 1 aromatic heterocycles. The first-order valence-corrected chi connectivity index (χ1v) is 9.39. The van der Waals surface area contributed by atoms with E-state index in [0.29, 0.717) is 10.6 Å². The first kappa shape index (κ1) is 14.9. The zero-order valence-corrected chi connectivity index (χ0v) is 13.6. The third kappa shape index (κ3) is 3.14. The van der Waals surface area contributed by atoms with Crippen LogP contribution < -0.4 is 16.0 Å². The predicted octanol–water partition coefficient (Wildman–Crippen LogP) is 2.36. The fraction of sp³-hybridized carbons (Fsp3) is 0.583. The molecule has 1 amide bonds. The topological polar surface area (TPSA) is 58.4 Å². The van der Waals surface area contributed by atoms with Crippen molar-refractivity contribution in [3.63, 3.8) is 0 Å². The summed E-state index contributed by atoms with van der Waals surface area (Å²) in [5, 5.41) is 3.82. The molecule has 2 rings (SSSR count). The minimum atomic E-state index is -0.0896. The van der Waals surface area contributed by atoms with Crippen LogP contribution in [0.15, 0.2) is 4.90 Å². The fourth-order valence-electron chi connectivity index (χ4n) is 2.05. The predicted molar refractivity (Wildman–Crippen MR) is 88.1 cm³/mol. The molecule has 0 saturated carbocycles. The molecule has 0 bridgehead atoms. The number of thiophene rings is 1. The van der Waals surface area contributed by atoms with E-state index in [1.54, 1.807) is 18.8 Å². The molecule has 4 nitrogen and oxygen atoms in total. The molecule has 7 heteroatoms. The second-order valence-electron chi connectivity index (χ2n) is 4.22. The molecule has 1 fully saturated rings. The van der Waals surface area contributed by atoms with Crippen LogP contribution in [0.25, 0.3) is 0 Å². The van der Waals surface area contributed by atoms with Crippen LogP contribution in [0.2, 0.25) is 0 Å². The molecule has 2 heterocycles. The normalized spacial score (nSPS) is 16.2. The lowest BCUT2D eigenvalue weighted by molar-refractivity contribution is 0.0968. The number of amides is 1. The monoisotopic (exact) mass is 317 g/mol. The number of carbonyl (C=O) groups excluding carboxylic acids is 1. The van der Waals surface area contributed by atoms with Crippen molar-refractivity contribution < 1.29 is 4.79 Å². The molecule has 0 radical (unpaired) electrons. The summed E-state index contributed by atoms with van der Waals surface area (Å²) < 4.78 is 0. The average molecular weight is 318 g/mol. The van der Waals surface area contributed by atoms with E-state index in [1.807, 2.05) is 18.0 Å². The van der Waals surface area contributed by atoms with Crippen molar-refractivity contribution in [2.75, 3.05) is 48.5 Å². The van der Waals surface area contributed by atoms with Crippen LogP contribution in [0, 0.1) is 0 Å². The molecular formula is C12H19N3OS3. The number of thioether (sulfide) groups is 2. The average Bonchev–Trinajstić information content (AvgIpc) is 2.61. The Hall–Kier alpha value is -0.530. The maximum atomic E-state index is 11.9. The summed E-state index contributed by atoms with van der Waals surface area (Å²) in [6, 6.07) is 0. The zero-order valence-electron chi connectivity index (χ0n) is 11.2. The lowest BCUT2D eigenvalue weighted by Gasteiger charge is -2.21. The van der Waals surface area contributed by atoms with Gasteiger partial charge >= 0.3 is 0 Å². The molecule has 0 atom stereocenters. The molecule has 106 valence electrons. The lowest BCUT2D eigenvalue weighted by atomic mass is 10.3. The van der Waals surface area contributed by atoms with E-state index >= 15 is 0 Å². The number of hydrogen-bond donors (Lipinski definition) is 2. The number of nitrogen functional groups attached to an aromatic ring is 1. The van der Waals surface area contributed by atoms with Crippen molar-refractivity contribution in [3.8, 4) is 0 Å². The Bertz CT molecular complexity index is 453. The maximum Gasteiger partial charge on any atom is 0.263 e. The van der Waals surface area contributed by atoms with E-state index in [1.165, 1.54) is 23.5 Å². The van der Waals surface area contributed by atoms with Crippen LogP contribution in [0.5, 0.6) is 0 Å². The number of rotatable bonds is 3. The van der Waals surface area contributed by atoms with Crippen LogP contribution in [0.4, 0.5) is 10.7 Å². The molecule has 1 saturated heterocycles. The second-order valence-corrected chi connectivity index (χ2v) is 7.26. The Morgan fingerprint density at radius 1 is 1.42 bits per heavy atom. The van der Waals surface area contributed by atoms with Crippen molar-refractivity contribution in [3.05, 3.63) is 4.88 Å². The highest BCUT2D eigenvalue weighted by molar-refractivity contribution is 7.99. The molecule has 3 N–H and O–H groups in total. The number of hydrogen-bond acceptors (Lipinski definition) is 6. The minimum Gasteiger partial charge on any atom is -0.396 e. The van der Waals surface area contributed by atoms with Crippen molar-refractivity contribution in [2.24, 2.45) is 0 Å². The standard InChI is InChI=1S/C12H19N3OS3/c1-14-11(16)9-8(13)10(17-2)12(19-9)15-4-3-6-18-7-5-15/h3-7,13H2,1-2H3,(H,14,16). The van der Waals surface area contributed by atoms with E-state index in [9.17, 15) is 4.79 Å². The van der Waals surface area contributed by atoms with E-state index < -0.39 is 0 Å². The summed E-state index contributed by atoms with van der Waals surface area (Å²) in [6.45, 7) is 2.08. The largest absolute Gasteiger partial charge is 0.396 e. The smallest absolute Gasteiger partial charge is 0.263 e. The number of carbonyl (C=O) groups is 1. The molecule has 1 aromatic rings. The summed E-state index contributed by atoms with van der Waals surface area (Å²) in [4.78, 5) is 15.9.